The monoisotopic (exact) mass is 502 g/mol. The van der Waals surface area contributed by atoms with Crippen LogP contribution in [0, 0.1) is 18.7 Å². The molecular weight excluding hydrogens is 484 g/mol. The van der Waals surface area contributed by atoms with Gasteiger partial charge in [0.25, 0.3) is 0 Å². The minimum absolute atomic E-state index is 0.0281. The lowest BCUT2D eigenvalue weighted by Gasteiger charge is -2.11. The first-order valence-corrected chi connectivity index (χ1v) is 12.3. The molecule has 1 N–H and O–H groups in total. The Bertz CT molecular complexity index is 1520. The van der Waals surface area contributed by atoms with E-state index in [0.717, 1.165) is 17.7 Å². The van der Waals surface area contributed by atoms with E-state index in [0.29, 0.717) is 28.0 Å². The number of ketones is 1. The number of benzene rings is 2. The number of fused-ring (bicyclic) bond motifs is 1. The zero-order chi connectivity index (χ0) is 24.6. The smallest absolute Gasteiger partial charge is 0.232 e. The molecule has 10 heteroatoms. The Kier molecular flexibility index (Phi) is 6.42. The second kappa shape index (κ2) is 9.15. The highest BCUT2D eigenvalue weighted by atomic mass is 35.5. The number of nitrogens with zero attached hydrogens (tertiary/aromatic N) is 2. The maximum absolute atomic E-state index is 15.2. The van der Waals surface area contributed by atoms with Crippen LogP contribution in [0.1, 0.15) is 29.3 Å². The van der Waals surface area contributed by atoms with Crippen molar-refractivity contribution >= 4 is 44.1 Å². The predicted octanol–water partition coefficient (Wildman–Crippen LogP) is 5.66. The van der Waals surface area contributed by atoms with E-state index >= 15 is 4.39 Å². The minimum Gasteiger partial charge on any atom is -0.330 e. The van der Waals surface area contributed by atoms with Gasteiger partial charge in [0.05, 0.1) is 17.0 Å². The van der Waals surface area contributed by atoms with Gasteiger partial charge in [0.1, 0.15) is 11.5 Å². The van der Waals surface area contributed by atoms with Crippen LogP contribution in [-0.4, -0.2) is 29.5 Å². The van der Waals surface area contributed by atoms with Crippen molar-refractivity contribution in [1.29, 1.82) is 0 Å². The van der Waals surface area contributed by atoms with Crippen LogP contribution in [0.25, 0.3) is 22.2 Å². The lowest BCUT2D eigenvalue weighted by atomic mass is 10.00. The average Bonchev–Trinajstić information content (AvgIpc) is 3.12. The van der Waals surface area contributed by atoms with E-state index < -0.39 is 38.7 Å². The molecule has 0 spiro atoms. The van der Waals surface area contributed by atoms with Crippen LogP contribution >= 0.6 is 11.6 Å². The number of aromatic nitrogens is 2. The second-order valence-corrected chi connectivity index (χ2v) is 9.93. The normalized spacial score (nSPS) is 11.7. The Morgan fingerprint density at radius 2 is 1.85 bits per heavy atom. The van der Waals surface area contributed by atoms with E-state index in [1.807, 2.05) is 0 Å². The number of pyridine rings is 1. The van der Waals surface area contributed by atoms with Gasteiger partial charge in [-0.05, 0) is 42.3 Å². The molecule has 0 amide bonds. The molecule has 0 aliphatic rings. The van der Waals surface area contributed by atoms with E-state index in [1.54, 1.807) is 43.5 Å². The van der Waals surface area contributed by atoms with E-state index in [9.17, 15) is 17.6 Å². The van der Waals surface area contributed by atoms with Gasteiger partial charge in [-0.25, -0.2) is 22.2 Å². The quantitative estimate of drug-likeness (QED) is 0.331. The molecule has 0 fully saturated rings. The molecule has 4 rings (SSSR count). The lowest BCUT2D eigenvalue weighted by Crippen LogP contribution is -2.18. The van der Waals surface area contributed by atoms with Crippen LogP contribution in [0.2, 0.25) is 5.02 Å². The molecule has 175 valence electrons. The summed E-state index contributed by atoms with van der Waals surface area (Å²) < 4.78 is 57.4. The van der Waals surface area contributed by atoms with Crippen molar-refractivity contribution in [3.8, 4) is 11.1 Å². The molecule has 0 unspecified atom stereocenters. The molecule has 0 atom stereocenters. The Labute approximate surface area is 200 Å². The Morgan fingerprint density at radius 1 is 1.15 bits per heavy atom. The number of carbonyl (C=O) groups is 1. The van der Waals surface area contributed by atoms with Crippen molar-refractivity contribution < 1.29 is 22.0 Å². The van der Waals surface area contributed by atoms with Crippen LogP contribution in [0.5, 0.6) is 0 Å². The highest BCUT2D eigenvalue weighted by Crippen LogP contribution is 2.31. The van der Waals surface area contributed by atoms with Crippen molar-refractivity contribution in [1.82, 2.24) is 9.55 Å². The summed E-state index contributed by atoms with van der Waals surface area (Å²) in [7, 11) is -0.0582. The topological polar surface area (TPSA) is 81.1 Å². The van der Waals surface area contributed by atoms with Crippen molar-refractivity contribution in [2.24, 2.45) is 0 Å². The summed E-state index contributed by atoms with van der Waals surface area (Å²) in [5, 5.41) is 0.890. The van der Waals surface area contributed by atoms with Gasteiger partial charge in [0.15, 0.2) is 5.82 Å². The molecular formula is C24H19ClF2N3O3S. The summed E-state index contributed by atoms with van der Waals surface area (Å²) in [6.45, 7) is 1.65. The maximum Gasteiger partial charge on any atom is 0.232 e. The predicted molar refractivity (Wildman–Crippen MR) is 128 cm³/mol. The van der Waals surface area contributed by atoms with Gasteiger partial charge in [0, 0.05) is 41.0 Å². The van der Waals surface area contributed by atoms with Crippen LogP contribution in [-0.2, 0) is 10.0 Å². The third-order valence-electron chi connectivity index (χ3n) is 5.19. The Balaban J connectivity index is 1.82. The zero-order valence-corrected chi connectivity index (χ0v) is 19.6. The van der Waals surface area contributed by atoms with Crippen LogP contribution in [0.4, 0.5) is 14.5 Å². The fraction of sp³-hybridized carbons (Fsp3) is 0.125. The first-order valence-electron chi connectivity index (χ1n) is 10.2. The molecule has 4 aromatic rings. The molecule has 1 radical (unpaired) electrons. The van der Waals surface area contributed by atoms with Gasteiger partial charge in [0.2, 0.25) is 15.8 Å². The van der Waals surface area contributed by atoms with Crippen LogP contribution in [0.15, 0.2) is 54.9 Å². The molecule has 2 aromatic carbocycles. The molecule has 0 saturated carbocycles. The van der Waals surface area contributed by atoms with E-state index in [1.165, 1.54) is 10.8 Å². The largest absolute Gasteiger partial charge is 0.330 e. The van der Waals surface area contributed by atoms with E-state index in [-0.39, 0.29) is 11.3 Å². The summed E-state index contributed by atoms with van der Waals surface area (Å²) in [5.74, 6) is -3.63. The second-order valence-electron chi connectivity index (χ2n) is 7.65. The van der Waals surface area contributed by atoms with Gasteiger partial charge in [-0.1, -0.05) is 30.7 Å². The first kappa shape index (κ1) is 23.8. The number of anilines is 1. The third kappa shape index (κ3) is 4.53. The summed E-state index contributed by atoms with van der Waals surface area (Å²) in [6.07, 6.45) is 3.22. The molecule has 0 bridgehead atoms. The molecule has 6 nitrogen and oxygen atoms in total. The van der Waals surface area contributed by atoms with Gasteiger partial charge in [-0.15, -0.1) is 0 Å². The number of hydrogen-bond donors (Lipinski definition) is 1. The number of rotatable bonds is 7. The Hall–Kier alpha value is -3.30. The first-order chi connectivity index (χ1) is 16.1. The molecule has 2 aromatic heterocycles. The van der Waals surface area contributed by atoms with Crippen molar-refractivity contribution in [2.45, 2.75) is 13.3 Å². The van der Waals surface area contributed by atoms with Gasteiger partial charge < -0.3 is 4.57 Å². The molecule has 0 aliphatic heterocycles. The van der Waals surface area contributed by atoms with E-state index in [4.69, 9.17) is 11.6 Å². The molecule has 2 heterocycles. The lowest BCUT2D eigenvalue weighted by molar-refractivity contribution is 0.103. The van der Waals surface area contributed by atoms with Gasteiger partial charge >= 0.3 is 0 Å². The zero-order valence-electron chi connectivity index (χ0n) is 18.0. The summed E-state index contributed by atoms with van der Waals surface area (Å²) >= 11 is 5.95. The summed E-state index contributed by atoms with van der Waals surface area (Å²) in [4.78, 5) is 17.7. The standard InChI is InChI=1S/C24H19ClF2N3O3S/c1-3-10-34(32,33)29-20-9-8-19(26)21(22(20)27)23(31)18-13-30(2)24-17(18)11-15(12-28-24)14-4-6-16(25)7-5-14/h4-9,11-13,29H,2-3,10H2,1H3. The fourth-order valence-corrected chi connectivity index (χ4v) is 4.87. The van der Waals surface area contributed by atoms with Crippen LogP contribution in [0.3, 0.4) is 0 Å². The summed E-state index contributed by atoms with van der Waals surface area (Å²) in [6, 6.07) is 10.4. The third-order valence-corrected chi connectivity index (χ3v) is 6.92. The highest BCUT2D eigenvalue weighted by Gasteiger charge is 2.26. The Morgan fingerprint density at radius 3 is 2.53 bits per heavy atom. The SMILES string of the molecule is [CH2]n1cc(C(=O)c2c(F)ccc(NS(=O)(=O)CCC)c2F)c2cc(-c3ccc(Cl)cc3)cnc21. The fourth-order valence-electron chi connectivity index (χ4n) is 3.61. The van der Waals surface area contributed by atoms with Gasteiger partial charge in [-0.3, -0.25) is 9.52 Å². The number of halogens is 3. The number of sulfonamides is 1. The molecule has 34 heavy (non-hydrogen) atoms. The van der Waals surface area contributed by atoms with Gasteiger partial charge in [-0.2, -0.15) is 0 Å². The number of hydrogen-bond acceptors (Lipinski definition) is 4. The maximum atomic E-state index is 15.2. The number of carbonyl (C=O) groups excluding carboxylic acids is 1. The molecule has 0 aliphatic carbocycles. The van der Waals surface area contributed by atoms with E-state index in [2.05, 4.69) is 16.8 Å². The highest BCUT2D eigenvalue weighted by molar-refractivity contribution is 7.92. The minimum atomic E-state index is -3.85. The summed E-state index contributed by atoms with van der Waals surface area (Å²) in [5.41, 5.74) is 0.365. The van der Waals surface area contributed by atoms with Crippen molar-refractivity contribution in [3.63, 3.8) is 0 Å². The molecule has 0 saturated heterocycles. The average molecular weight is 503 g/mol. The number of nitrogens with one attached hydrogen (secondary N) is 1. The van der Waals surface area contributed by atoms with Crippen molar-refractivity contribution in [2.75, 3.05) is 10.5 Å². The van der Waals surface area contributed by atoms with Crippen molar-refractivity contribution in [3.05, 3.63) is 89.7 Å². The van der Waals surface area contributed by atoms with Crippen LogP contribution < -0.4 is 4.72 Å².